The number of amides is 1. The van der Waals surface area contributed by atoms with E-state index < -0.39 is 41.7 Å². The van der Waals surface area contributed by atoms with Crippen LogP contribution in [0.3, 0.4) is 0 Å². The average Bonchev–Trinajstić information content (AvgIpc) is 3.33. The number of aliphatic imine (C=N–C) groups is 1. The molecule has 0 aromatic carbocycles. The number of allylic oxidation sites excluding steroid dienone is 6. The number of hydrogen-bond donors (Lipinski definition) is 3. The Morgan fingerprint density at radius 2 is 1.84 bits per heavy atom. The second kappa shape index (κ2) is 17.2. The lowest BCUT2D eigenvalue weighted by atomic mass is 9.87. The molecule has 5 N–H and O–H groups in total. The summed E-state index contributed by atoms with van der Waals surface area (Å²) in [4.78, 5) is 15.8. The molecule has 1 aromatic rings. The van der Waals surface area contributed by atoms with Crippen LogP contribution in [-0.4, -0.2) is 40.0 Å². The quantitative estimate of drug-likeness (QED) is 0.0907. The summed E-state index contributed by atoms with van der Waals surface area (Å²) < 4.78 is 82.6. The molecule has 0 bridgehead atoms. The second-order valence-electron chi connectivity index (χ2n) is 11.1. The fourth-order valence-electron chi connectivity index (χ4n) is 4.18. The van der Waals surface area contributed by atoms with E-state index in [0.29, 0.717) is 12.0 Å². The van der Waals surface area contributed by atoms with E-state index in [0.717, 1.165) is 48.0 Å². The van der Waals surface area contributed by atoms with Crippen LogP contribution < -0.4 is 16.8 Å². The molecule has 1 aromatic heterocycles. The Morgan fingerprint density at radius 3 is 2.32 bits per heavy atom. The van der Waals surface area contributed by atoms with Crippen LogP contribution in [0.4, 0.5) is 26.3 Å². The fraction of sp³-hybridized carbons (Fsp3) is 0.581. The molecule has 1 amide bonds. The van der Waals surface area contributed by atoms with Crippen molar-refractivity contribution in [3.05, 3.63) is 58.4 Å². The normalized spacial score (nSPS) is 16.4. The number of alkyl halides is 5. The number of aromatic nitrogens is 2. The molecule has 1 unspecified atom stereocenters. The highest BCUT2D eigenvalue weighted by atomic mass is 19.4. The van der Waals surface area contributed by atoms with Crippen LogP contribution in [0.1, 0.15) is 92.0 Å². The van der Waals surface area contributed by atoms with Crippen LogP contribution in [0.15, 0.2) is 52.0 Å². The first kappa shape index (κ1) is 38.7. The number of nitrogens with zero attached hydrogens (tertiary/aromatic N) is 3. The van der Waals surface area contributed by atoms with Crippen LogP contribution in [0.25, 0.3) is 5.57 Å². The van der Waals surface area contributed by atoms with Crippen LogP contribution >= 0.6 is 0 Å². The topological polar surface area (TPSA) is 111 Å². The molecule has 0 radical (unpaired) electrons. The summed E-state index contributed by atoms with van der Waals surface area (Å²) in [6.07, 6.45) is 2.98. The van der Waals surface area contributed by atoms with E-state index in [1.54, 1.807) is 26.8 Å². The number of nitrogens with one attached hydrogen (secondary N) is 1. The third-order valence-electron chi connectivity index (χ3n) is 6.97. The monoisotopic (exact) mass is 632 g/mol. The molecule has 1 saturated carbocycles. The van der Waals surface area contributed by atoms with Crippen molar-refractivity contribution in [2.45, 2.75) is 111 Å². The zero-order valence-electron chi connectivity index (χ0n) is 26.5. The summed E-state index contributed by atoms with van der Waals surface area (Å²) in [5.74, 6) is -1.31. The summed E-state index contributed by atoms with van der Waals surface area (Å²) in [5, 5.41) is 6.45. The Morgan fingerprint density at radius 1 is 1.23 bits per heavy atom. The van der Waals surface area contributed by atoms with Crippen molar-refractivity contribution in [1.29, 1.82) is 0 Å². The SMILES string of the molecule is CC.CCC(C)/C=C(\C=C(\F)C(C)=C1CCC1)c1cc(C(F)(F)F)nn1CC(C)(C)NC(=O)[C@H](N)CC(=C/N)/C=N/C(F)F. The van der Waals surface area contributed by atoms with Gasteiger partial charge in [-0.1, -0.05) is 45.8 Å². The van der Waals surface area contributed by atoms with Gasteiger partial charge in [0.1, 0.15) is 5.83 Å². The lowest BCUT2D eigenvalue weighted by Crippen LogP contribution is -2.52. The summed E-state index contributed by atoms with van der Waals surface area (Å²) in [7, 11) is 0. The van der Waals surface area contributed by atoms with Gasteiger partial charge < -0.3 is 16.8 Å². The van der Waals surface area contributed by atoms with E-state index in [2.05, 4.69) is 15.4 Å². The van der Waals surface area contributed by atoms with Gasteiger partial charge >= 0.3 is 12.7 Å². The van der Waals surface area contributed by atoms with Gasteiger partial charge in [-0.15, -0.1) is 0 Å². The van der Waals surface area contributed by atoms with Crippen molar-refractivity contribution in [3.63, 3.8) is 0 Å². The van der Waals surface area contributed by atoms with Gasteiger partial charge in [-0.2, -0.15) is 27.1 Å². The number of carbonyl (C=O) groups excluding carboxylic acids is 1. The molecule has 7 nitrogen and oxygen atoms in total. The zero-order chi connectivity index (χ0) is 33.8. The molecule has 1 aliphatic carbocycles. The highest BCUT2D eigenvalue weighted by molar-refractivity contribution is 5.85. The molecule has 2 atom stereocenters. The largest absolute Gasteiger partial charge is 0.435 e. The van der Waals surface area contributed by atoms with Gasteiger partial charge in [0.25, 0.3) is 0 Å². The van der Waals surface area contributed by atoms with E-state index >= 15 is 4.39 Å². The second-order valence-corrected chi connectivity index (χ2v) is 11.1. The standard InChI is InChI=1S/C29H40F6N6O.C2H6/c1-6-17(2)10-21(12-22(30)18(3)20-8-7-9-20)24-13-25(29(33,34)35)40-41(24)16-28(4,5)39-26(42)23(37)11-19(14-36)15-38-27(31)32;1-2/h10,12-15,17,23,27H,6-9,11,16,36-37H2,1-5H3,(H,39,42);1-2H3/b19-14-,21-10+,22-12+,38-15+;/t17?,23-;/m1./s1. The van der Waals surface area contributed by atoms with E-state index in [-0.39, 0.29) is 35.7 Å². The zero-order valence-corrected chi connectivity index (χ0v) is 26.5. The van der Waals surface area contributed by atoms with E-state index in [9.17, 15) is 26.7 Å². The van der Waals surface area contributed by atoms with E-state index in [4.69, 9.17) is 11.5 Å². The highest BCUT2D eigenvalue weighted by Gasteiger charge is 2.36. The minimum Gasteiger partial charge on any atom is -0.404 e. The molecule has 44 heavy (non-hydrogen) atoms. The summed E-state index contributed by atoms with van der Waals surface area (Å²) in [5.41, 5.74) is 10.8. The van der Waals surface area contributed by atoms with Crippen molar-refractivity contribution in [2.24, 2.45) is 22.4 Å². The summed E-state index contributed by atoms with van der Waals surface area (Å²) in [6, 6.07) is -0.347. The molecule has 1 aliphatic rings. The minimum absolute atomic E-state index is 0.0346. The lowest BCUT2D eigenvalue weighted by molar-refractivity contribution is -0.141. The number of hydrogen-bond acceptors (Lipinski definition) is 5. The van der Waals surface area contributed by atoms with Gasteiger partial charge in [0, 0.05) is 6.21 Å². The predicted molar refractivity (Wildman–Crippen MR) is 163 cm³/mol. The molecule has 0 saturated heterocycles. The number of halogens is 6. The van der Waals surface area contributed by atoms with Crippen LogP contribution in [0.2, 0.25) is 0 Å². The number of nitrogens with two attached hydrogens (primary N) is 2. The predicted octanol–water partition coefficient (Wildman–Crippen LogP) is 7.46. The number of rotatable bonds is 13. The van der Waals surface area contributed by atoms with Crippen LogP contribution in [0, 0.1) is 5.92 Å². The molecule has 0 spiro atoms. The smallest absolute Gasteiger partial charge is 0.404 e. The molecule has 1 heterocycles. The molecule has 13 heteroatoms. The van der Waals surface area contributed by atoms with E-state index in [1.165, 1.54) is 6.08 Å². The van der Waals surface area contributed by atoms with Gasteiger partial charge in [0.05, 0.1) is 23.8 Å². The van der Waals surface area contributed by atoms with E-state index in [1.807, 2.05) is 27.7 Å². The van der Waals surface area contributed by atoms with Crippen LogP contribution in [-0.2, 0) is 17.5 Å². The first-order chi connectivity index (χ1) is 20.5. The van der Waals surface area contributed by atoms with Gasteiger partial charge in [0.15, 0.2) is 5.69 Å². The van der Waals surface area contributed by atoms with Gasteiger partial charge in [-0.3, -0.25) is 9.48 Å². The maximum atomic E-state index is 15.3. The Labute approximate surface area is 256 Å². The van der Waals surface area contributed by atoms with Crippen LogP contribution in [0.5, 0.6) is 0 Å². The lowest BCUT2D eigenvalue weighted by Gasteiger charge is -2.29. The Bertz CT molecular complexity index is 1250. The summed E-state index contributed by atoms with van der Waals surface area (Å²) in [6.45, 7) is 9.38. The molecular weight excluding hydrogens is 586 g/mol. The fourth-order valence-corrected chi connectivity index (χ4v) is 4.18. The third kappa shape index (κ3) is 12.0. The van der Waals surface area contributed by atoms with Gasteiger partial charge in [0.2, 0.25) is 5.91 Å². The molecule has 2 rings (SSSR count). The average molecular weight is 633 g/mol. The molecule has 0 aliphatic heterocycles. The van der Waals surface area contributed by atoms with Crippen molar-refractivity contribution >= 4 is 17.7 Å². The Kier molecular flexibility index (Phi) is 15.1. The molecule has 248 valence electrons. The van der Waals surface area contributed by atoms with Gasteiger partial charge in [-0.05, 0) is 87.4 Å². The van der Waals surface area contributed by atoms with Crippen molar-refractivity contribution < 1.29 is 31.1 Å². The third-order valence-corrected chi connectivity index (χ3v) is 6.97. The maximum Gasteiger partial charge on any atom is 0.435 e. The first-order valence-corrected chi connectivity index (χ1v) is 14.7. The molecule has 1 fully saturated rings. The highest BCUT2D eigenvalue weighted by Crippen LogP contribution is 2.35. The van der Waals surface area contributed by atoms with Crippen molar-refractivity contribution in [1.82, 2.24) is 15.1 Å². The Hall–Kier alpha value is -3.35. The number of carbonyl (C=O) groups is 1. The minimum atomic E-state index is -4.77. The van der Waals surface area contributed by atoms with Crippen molar-refractivity contribution in [2.75, 3.05) is 0 Å². The van der Waals surface area contributed by atoms with Crippen molar-refractivity contribution in [3.8, 4) is 0 Å². The maximum absolute atomic E-state index is 15.3. The van der Waals surface area contributed by atoms with Gasteiger partial charge in [-0.25, -0.2) is 9.38 Å². The first-order valence-electron chi connectivity index (χ1n) is 14.7. The summed E-state index contributed by atoms with van der Waals surface area (Å²) >= 11 is 0. The molecular formula is C31H46F6N6O. The Balaban J connectivity index is 0.00000474.